The number of aliphatic hydroxyl groups excluding tert-OH is 1. The highest BCUT2D eigenvalue weighted by atomic mass is 16.4. The summed E-state index contributed by atoms with van der Waals surface area (Å²) in [5.74, 6) is -1.02. The third-order valence-corrected chi connectivity index (χ3v) is 0.357. The molecule has 0 aromatic rings. The second kappa shape index (κ2) is 6.22. The van der Waals surface area contributed by atoms with Gasteiger partial charge in [-0.3, -0.25) is 0 Å². The lowest BCUT2D eigenvalue weighted by atomic mass is 10.4. The topological polar surface area (TPSA) is 74.6 Å². The number of aliphatic carboxylic acids is 1. The van der Waals surface area contributed by atoms with Gasteiger partial charge in [0.05, 0.1) is 0 Å². The van der Waals surface area contributed by atoms with Crippen molar-refractivity contribution >= 4 is 11.8 Å². The molecule has 0 radical (unpaired) electrons. The molecule has 60 valence electrons. The second-order valence-electron chi connectivity index (χ2n) is 1.92. The Kier molecular flexibility index (Phi) is 7.37. The summed E-state index contributed by atoms with van der Waals surface area (Å²) in [5, 5.41) is 15.8. The first-order chi connectivity index (χ1) is 4.37. The van der Waals surface area contributed by atoms with Crippen LogP contribution in [0, 0.1) is 0 Å². The number of carbonyl (C=O) groups excluding carboxylic acids is 1. The van der Waals surface area contributed by atoms with E-state index in [4.69, 9.17) is 10.2 Å². The fourth-order valence-electron chi connectivity index (χ4n) is 0. The average Bonchev–Trinajstić information content (AvgIpc) is 1.63. The maximum Gasteiger partial charge on any atom is 0.332 e. The molecule has 4 heteroatoms. The number of hydrogen-bond acceptors (Lipinski definition) is 3. The molecule has 0 aliphatic rings. The number of carboxylic acid groups (broad SMARTS) is 1. The minimum absolute atomic E-state index is 0.167. The molecule has 1 unspecified atom stereocenters. The number of Topliss-reactive ketones (excluding diaryl/α,β-unsaturated/α-hetero) is 1. The number of hydrogen-bond donors (Lipinski definition) is 2. The molecule has 0 fully saturated rings. The van der Waals surface area contributed by atoms with Crippen LogP contribution >= 0.6 is 0 Å². The van der Waals surface area contributed by atoms with E-state index < -0.39 is 12.1 Å². The second-order valence-corrected chi connectivity index (χ2v) is 1.92. The first-order valence-corrected chi connectivity index (χ1v) is 2.76. The molecule has 1 atom stereocenters. The van der Waals surface area contributed by atoms with E-state index in [0.29, 0.717) is 0 Å². The van der Waals surface area contributed by atoms with Crippen molar-refractivity contribution in [1.82, 2.24) is 0 Å². The molecule has 0 spiro atoms. The zero-order chi connectivity index (χ0) is 8.73. The molecule has 0 aliphatic carbocycles. The van der Waals surface area contributed by atoms with Gasteiger partial charge in [-0.1, -0.05) is 0 Å². The summed E-state index contributed by atoms with van der Waals surface area (Å²) < 4.78 is 0. The van der Waals surface area contributed by atoms with Gasteiger partial charge in [0.1, 0.15) is 11.9 Å². The van der Waals surface area contributed by atoms with Gasteiger partial charge in [-0.15, -0.1) is 0 Å². The van der Waals surface area contributed by atoms with E-state index in [-0.39, 0.29) is 5.78 Å². The maximum absolute atomic E-state index is 9.45. The third-order valence-electron chi connectivity index (χ3n) is 0.357. The summed E-state index contributed by atoms with van der Waals surface area (Å²) in [6, 6.07) is 0. The molecular formula is C6H12O4. The van der Waals surface area contributed by atoms with Crippen molar-refractivity contribution in [3.05, 3.63) is 0 Å². The number of ketones is 1. The van der Waals surface area contributed by atoms with Crippen molar-refractivity contribution in [2.45, 2.75) is 26.9 Å². The number of aliphatic hydroxyl groups is 1. The zero-order valence-corrected chi connectivity index (χ0v) is 6.29. The molecule has 0 aliphatic heterocycles. The number of rotatable bonds is 1. The standard InChI is InChI=1S/C3H6O3.C3H6O/c1-2(4)3(5)6;1-3(2)4/h2,4H,1H3,(H,5,6);1-2H3. The summed E-state index contributed by atoms with van der Waals surface area (Å²) >= 11 is 0. The third kappa shape index (κ3) is 27.5. The summed E-state index contributed by atoms with van der Waals surface area (Å²) in [6.07, 6.45) is -1.23. The molecule has 0 bridgehead atoms. The van der Waals surface area contributed by atoms with Crippen LogP contribution in [0.1, 0.15) is 20.8 Å². The smallest absolute Gasteiger partial charge is 0.332 e. The summed E-state index contributed by atoms with van der Waals surface area (Å²) in [5.41, 5.74) is 0. The lowest BCUT2D eigenvalue weighted by Crippen LogP contribution is -2.13. The normalized spacial score (nSPS) is 10.8. The fraction of sp³-hybridized carbons (Fsp3) is 0.667. The molecule has 0 saturated carbocycles. The van der Waals surface area contributed by atoms with Crippen molar-refractivity contribution in [3.8, 4) is 0 Å². The van der Waals surface area contributed by atoms with Crippen LogP contribution in [0.3, 0.4) is 0 Å². The Morgan fingerprint density at radius 2 is 1.40 bits per heavy atom. The van der Waals surface area contributed by atoms with Gasteiger partial charge in [0, 0.05) is 0 Å². The van der Waals surface area contributed by atoms with Crippen LogP contribution < -0.4 is 0 Å². The maximum atomic E-state index is 9.45. The van der Waals surface area contributed by atoms with Crippen molar-refractivity contribution < 1.29 is 19.8 Å². The molecule has 4 nitrogen and oxygen atoms in total. The summed E-state index contributed by atoms with van der Waals surface area (Å²) in [6.45, 7) is 4.25. The molecule has 0 heterocycles. The first-order valence-electron chi connectivity index (χ1n) is 2.76. The Labute approximate surface area is 59.5 Å². The zero-order valence-electron chi connectivity index (χ0n) is 6.29. The van der Waals surface area contributed by atoms with Gasteiger partial charge < -0.3 is 15.0 Å². The van der Waals surface area contributed by atoms with Gasteiger partial charge in [-0.2, -0.15) is 0 Å². The van der Waals surface area contributed by atoms with Gasteiger partial charge in [0.15, 0.2) is 0 Å². The van der Waals surface area contributed by atoms with Crippen molar-refractivity contribution in [3.63, 3.8) is 0 Å². The highest BCUT2D eigenvalue weighted by Gasteiger charge is 2.01. The molecule has 10 heavy (non-hydrogen) atoms. The molecule has 0 saturated heterocycles. The quantitative estimate of drug-likeness (QED) is 0.550. The van der Waals surface area contributed by atoms with Gasteiger partial charge in [0.2, 0.25) is 0 Å². The van der Waals surface area contributed by atoms with Gasteiger partial charge in [-0.05, 0) is 20.8 Å². The van der Waals surface area contributed by atoms with Crippen LogP contribution in [-0.2, 0) is 9.59 Å². The molecule has 0 aromatic carbocycles. The average molecular weight is 148 g/mol. The monoisotopic (exact) mass is 148 g/mol. The van der Waals surface area contributed by atoms with Gasteiger partial charge in [0.25, 0.3) is 0 Å². The lowest BCUT2D eigenvalue weighted by molar-refractivity contribution is -0.145. The van der Waals surface area contributed by atoms with E-state index in [0.717, 1.165) is 0 Å². The Morgan fingerprint density at radius 1 is 1.30 bits per heavy atom. The number of carbonyl (C=O) groups is 2. The largest absolute Gasteiger partial charge is 0.479 e. The predicted octanol–water partition coefficient (Wildman–Crippen LogP) is 0.0471. The minimum atomic E-state index is -1.23. The highest BCUT2D eigenvalue weighted by Crippen LogP contribution is 1.73. The molecule has 0 amide bonds. The van der Waals surface area contributed by atoms with E-state index >= 15 is 0 Å². The summed E-state index contributed by atoms with van der Waals surface area (Å²) in [4.78, 5) is 18.9. The van der Waals surface area contributed by atoms with E-state index in [2.05, 4.69) is 0 Å². The molecule has 0 aromatic heterocycles. The molecule has 2 N–H and O–H groups in total. The Morgan fingerprint density at radius 3 is 1.40 bits per heavy atom. The molecular weight excluding hydrogens is 136 g/mol. The van der Waals surface area contributed by atoms with Crippen LogP contribution in [0.25, 0.3) is 0 Å². The predicted molar refractivity (Wildman–Crippen MR) is 35.7 cm³/mol. The van der Waals surface area contributed by atoms with E-state index in [1.165, 1.54) is 20.8 Å². The Bertz CT molecular complexity index is 113. The summed E-state index contributed by atoms with van der Waals surface area (Å²) in [7, 11) is 0. The highest BCUT2D eigenvalue weighted by molar-refractivity contribution is 5.72. The fourth-order valence-corrected chi connectivity index (χ4v) is 0. The van der Waals surface area contributed by atoms with Gasteiger partial charge >= 0.3 is 5.97 Å². The molecule has 0 rings (SSSR count). The van der Waals surface area contributed by atoms with Crippen LogP contribution in [0.5, 0.6) is 0 Å². The van der Waals surface area contributed by atoms with Crippen LogP contribution in [-0.4, -0.2) is 28.1 Å². The van der Waals surface area contributed by atoms with Crippen LogP contribution in [0.2, 0.25) is 0 Å². The first kappa shape index (κ1) is 11.8. The van der Waals surface area contributed by atoms with Crippen LogP contribution in [0.4, 0.5) is 0 Å². The lowest BCUT2D eigenvalue weighted by Gasteiger charge is -1.89. The van der Waals surface area contributed by atoms with Crippen molar-refractivity contribution in [2.24, 2.45) is 0 Å². The van der Waals surface area contributed by atoms with Gasteiger partial charge in [-0.25, -0.2) is 4.79 Å². The van der Waals surface area contributed by atoms with Crippen molar-refractivity contribution in [1.29, 1.82) is 0 Å². The number of carboxylic acids is 1. The van der Waals surface area contributed by atoms with Crippen LogP contribution in [0.15, 0.2) is 0 Å². The Balaban J connectivity index is 0. The van der Waals surface area contributed by atoms with Crippen molar-refractivity contribution in [2.75, 3.05) is 0 Å². The SMILES string of the molecule is CC(C)=O.CC(O)C(=O)O. The van der Waals surface area contributed by atoms with E-state index in [1.54, 1.807) is 0 Å². The minimum Gasteiger partial charge on any atom is -0.479 e. The van der Waals surface area contributed by atoms with E-state index in [9.17, 15) is 9.59 Å². The van der Waals surface area contributed by atoms with E-state index in [1.807, 2.05) is 0 Å². The Hall–Kier alpha value is -0.900.